The third-order valence-corrected chi connectivity index (χ3v) is 5.08. The van der Waals surface area contributed by atoms with Gasteiger partial charge >= 0.3 is 24.2 Å². The largest absolute Gasteiger partial charge is 0.513 e. The summed E-state index contributed by atoms with van der Waals surface area (Å²) in [4.78, 5) is 48.5. The molecule has 38 heavy (non-hydrogen) atoms. The molecule has 214 valence electrons. The van der Waals surface area contributed by atoms with Crippen molar-refractivity contribution in [1.82, 2.24) is 5.32 Å². The Morgan fingerprint density at radius 3 is 2.05 bits per heavy atom. The Labute approximate surface area is 224 Å². The van der Waals surface area contributed by atoms with E-state index in [0.29, 0.717) is 30.7 Å². The van der Waals surface area contributed by atoms with Crippen molar-refractivity contribution in [1.29, 1.82) is 0 Å². The van der Waals surface area contributed by atoms with Crippen molar-refractivity contribution in [2.75, 3.05) is 26.9 Å². The second-order valence-corrected chi connectivity index (χ2v) is 9.10. The summed E-state index contributed by atoms with van der Waals surface area (Å²) in [5.41, 5.74) is 0.571. The van der Waals surface area contributed by atoms with Crippen molar-refractivity contribution in [3.63, 3.8) is 0 Å². The molecule has 1 rings (SSSR count). The molecule has 0 heterocycles. The van der Waals surface area contributed by atoms with E-state index in [2.05, 4.69) is 5.32 Å². The van der Waals surface area contributed by atoms with Crippen LogP contribution in [-0.2, 0) is 35.0 Å². The normalized spacial score (nSPS) is 12.3. The molecule has 0 aromatic heterocycles. The number of hydrogen-bond donors (Lipinski definition) is 1. The van der Waals surface area contributed by atoms with Gasteiger partial charge in [0.15, 0.2) is 11.5 Å². The van der Waals surface area contributed by atoms with Crippen LogP contribution in [0.3, 0.4) is 0 Å². The monoisotopic (exact) mass is 539 g/mol. The zero-order valence-electron chi connectivity index (χ0n) is 23.2. The van der Waals surface area contributed by atoms with Crippen LogP contribution in [0.2, 0.25) is 0 Å². The van der Waals surface area contributed by atoms with Crippen LogP contribution in [0.1, 0.15) is 65.9 Å². The summed E-state index contributed by atoms with van der Waals surface area (Å²) in [5, 5.41) is 3.06. The molecule has 0 radical (unpaired) electrons. The van der Waals surface area contributed by atoms with Crippen molar-refractivity contribution in [2.45, 2.75) is 78.9 Å². The average molecular weight is 540 g/mol. The minimum absolute atomic E-state index is 0.0483. The lowest BCUT2D eigenvalue weighted by Gasteiger charge is -2.20. The van der Waals surface area contributed by atoms with Gasteiger partial charge in [-0.15, -0.1) is 0 Å². The molecule has 1 aromatic carbocycles. The van der Waals surface area contributed by atoms with E-state index >= 15 is 0 Å². The molecule has 0 aliphatic carbocycles. The first-order valence-electron chi connectivity index (χ1n) is 12.9. The third kappa shape index (κ3) is 13.3. The van der Waals surface area contributed by atoms with E-state index in [-0.39, 0.29) is 43.6 Å². The van der Waals surface area contributed by atoms with Gasteiger partial charge in [-0.1, -0.05) is 33.8 Å². The first kappa shape index (κ1) is 32.7. The second-order valence-electron chi connectivity index (χ2n) is 9.10. The summed E-state index contributed by atoms with van der Waals surface area (Å²) in [5.74, 6) is -0.564. The van der Waals surface area contributed by atoms with E-state index in [1.807, 2.05) is 27.7 Å². The van der Waals surface area contributed by atoms with E-state index < -0.39 is 30.4 Å². The number of rotatable bonds is 16. The summed E-state index contributed by atoms with van der Waals surface area (Å²) in [6, 6.07) is 3.71. The lowest BCUT2D eigenvalue weighted by Crippen LogP contribution is -2.43. The van der Waals surface area contributed by atoms with Crippen molar-refractivity contribution in [3.05, 3.63) is 23.8 Å². The average Bonchev–Trinajstić information content (AvgIpc) is 2.88. The third-order valence-electron chi connectivity index (χ3n) is 5.08. The molecule has 11 nitrogen and oxygen atoms in total. The number of esters is 2. The zero-order valence-corrected chi connectivity index (χ0v) is 23.2. The summed E-state index contributed by atoms with van der Waals surface area (Å²) < 4.78 is 30.7. The Morgan fingerprint density at radius 1 is 0.895 bits per heavy atom. The Bertz CT molecular complexity index is 902. The van der Waals surface area contributed by atoms with Crippen LogP contribution in [-0.4, -0.2) is 63.3 Å². The quantitative estimate of drug-likeness (QED) is 0.180. The van der Waals surface area contributed by atoms with Crippen molar-refractivity contribution in [2.24, 2.45) is 5.92 Å². The number of ether oxygens (including phenoxy) is 6. The van der Waals surface area contributed by atoms with E-state index in [0.717, 1.165) is 6.42 Å². The molecule has 1 aromatic rings. The zero-order chi connectivity index (χ0) is 28.5. The molecule has 0 aliphatic rings. The van der Waals surface area contributed by atoms with Crippen LogP contribution < -0.4 is 14.8 Å². The topological polar surface area (TPSA) is 136 Å². The lowest BCUT2D eigenvalue weighted by molar-refractivity contribution is -0.148. The van der Waals surface area contributed by atoms with Gasteiger partial charge in [0.1, 0.15) is 12.1 Å². The van der Waals surface area contributed by atoms with Gasteiger partial charge in [0.2, 0.25) is 0 Å². The molecule has 0 saturated carbocycles. The molecule has 0 aliphatic heterocycles. The highest BCUT2D eigenvalue weighted by atomic mass is 16.7. The molecule has 0 amide bonds. The van der Waals surface area contributed by atoms with Crippen molar-refractivity contribution in [3.8, 4) is 11.5 Å². The van der Waals surface area contributed by atoms with E-state index in [4.69, 9.17) is 28.4 Å². The highest BCUT2D eigenvalue weighted by Crippen LogP contribution is 2.30. The predicted octanol–water partition coefficient (Wildman–Crippen LogP) is 4.58. The minimum Gasteiger partial charge on any atom is -0.468 e. The van der Waals surface area contributed by atoms with Gasteiger partial charge in [-0.2, -0.15) is 0 Å². The smallest absolute Gasteiger partial charge is 0.468 e. The van der Waals surface area contributed by atoms with Gasteiger partial charge in [0, 0.05) is 13.0 Å². The summed E-state index contributed by atoms with van der Waals surface area (Å²) in [7, 11) is 1.27. The lowest BCUT2D eigenvalue weighted by atomic mass is 10.0. The Hall–Kier alpha value is -3.34. The Morgan fingerprint density at radius 2 is 1.50 bits per heavy atom. The summed E-state index contributed by atoms with van der Waals surface area (Å²) >= 11 is 0. The van der Waals surface area contributed by atoms with Gasteiger partial charge in [-0.25, -0.2) is 9.59 Å². The van der Waals surface area contributed by atoms with Gasteiger partial charge in [-0.3, -0.25) is 9.59 Å². The Kier molecular flexibility index (Phi) is 15.5. The SMILES string of the molecule is CCCOC(=O)Oc1ccc(C[C@H](NCC(C)OC(=O)CCC(C)C)C(=O)OC)cc1OC(=O)OCCC. The maximum Gasteiger partial charge on any atom is 0.513 e. The van der Waals surface area contributed by atoms with Gasteiger partial charge in [-0.05, 0) is 56.2 Å². The number of nitrogens with one attached hydrogen (secondary N) is 1. The number of carbonyl (C=O) groups excluding carboxylic acids is 4. The highest BCUT2D eigenvalue weighted by molar-refractivity contribution is 5.76. The number of hydrogen-bond acceptors (Lipinski definition) is 11. The van der Waals surface area contributed by atoms with Crippen molar-refractivity contribution >= 4 is 24.2 Å². The standard InChI is InChI=1S/C27H41NO10/c1-7-13-34-26(31)37-22-11-10-20(16-23(22)38-27(32)35-14-8-2)15-21(25(30)33-6)28-17-19(5)36-24(29)12-9-18(3)4/h10-11,16,18-19,21,28H,7-9,12-15,17H2,1-6H3/t19?,21-/m0/s1. The molecular weight excluding hydrogens is 498 g/mol. The second kappa shape index (κ2) is 18.0. The first-order valence-corrected chi connectivity index (χ1v) is 12.9. The number of carbonyl (C=O) groups is 4. The molecule has 0 bridgehead atoms. The fourth-order valence-electron chi connectivity index (χ4n) is 3.11. The molecule has 11 heteroatoms. The summed E-state index contributed by atoms with van der Waals surface area (Å²) in [6.45, 7) is 9.99. The van der Waals surface area contributed by atoms with Gasteiger partial charge < -0.3 is 33.7 Å². The molecule has 0 spiro atoms. The molecule has 2 atom stereocenters. The van der Waals surface area contributed by atoms with Crippen LogP contribution in [0, 0.1) is 5.92 Å². The number of methoxy groups -OCH3 is 1. The molecule has 1 N–H and O–H groups in total. The molecule has 0 saturated heterocycles. The van der Waals surface area contributed by atoms with Crippen LogP contribution >= 0.6 is 0 Å². The minimum atomic E-state index is -0.966. The van der Waals surface area contributed by atoms with Crippen LogP contribution in [0.5, 0.6) is 11.5 Å². The van der Waals surface area contributed by atoms with E-state index in [1.54, 1.807) is 13.0 Å². The first-order chi connectivity index (χ1) is 18.1. The van der Waals surface area contributed by atoms with Crippen LogP contribution in [0.15, 0.2) is 18.2 Å². The summed E-state index contributed by atoms with van der Waals surface area (Å²) in [6.07, 6.45) is 0.0189. The maximum atomic E-state index is 12.4. The van der Waals surface area contributed by atoms with E-state index in [1.165, 1.54) is 19.2 Å². The Balaban J connectivity index is 2.97. The molecular formula is C27H41NO10. The van der Waals surface area contributed by atoms with Crippen LogP contribution in [0.25, 0.3) is 0 Å². The fraction of sp³-hybridized carbons (Fsp3) is 0.630. The molecule has 0 fully saturated rings. The fourth-order valence-corrected chi connectivity index (χ4v) is 3.11. The van der Waals surface area contributed by atoms with Gasteiger partial charge in [0.05, 0.1) is 20.3 Å². The predicted molar refractivity (Wildman–Crippen MR) is 138 cm³/mol. The number of benzene rings is 1. The van der Waals surface area contributed by atoms with Crippen molar-refractivity contribution < 1.29 is 47.6 Å². The highest BCUT2D eigenvalue weighted by Gasteiger charge is 2.23. The molecule has 1 unspecified atom stereocenters. The van der Waals surface area contributed by atoms with Gasteiger partial charge in [0.25, 0.3) is 0 Å². The van der Waals surface area contributed by atoms with Crippen LogP contribution in [0.4, 0.5) is 9.59 Å². The van der Waals surface area contributed by atoms with E-state index in [9.17, 15) is 19.2 Å². The maximum absolute atomic E-state index is 12.4.